The van der Waals surface area contributed by atoms with Crippen LogP contribution >= 0.6 is 0 Å². The molecule has 0 N–H and O–H groups in total. The summed E-state index contributed by atoms with van der Waals surface area (Å²) in [6.07, 6.45) is -1.46. The van der Waals surface area contributed by atoms with E-state index in [-0.39, 0.29) is 21.2 Å². The second-order valence-corrected chi connectivity index (χ2v) is 4.81. The molecule has 0 fully saturated rings. The molecule has 1 atom stereocenters. The molecular weight excluding hydrogens is 326 g/mol. The van der Waals surface area contributed by atoms with Crippen molar-refractivity contribution in [1.29, 1.82) is 0 Å². The second-order valence-electron chi connectivity index (χ2n) is 4.27. The van der Waals surface area contributed by atoms with Gasteiger partial charge in [-0.3, -0.25) is 0 Å². The number of halogens is 3. The fourth-order valence-electron chi connectivity index (χ4n) is 1.97. The zero-order valence-corrected chi connectivity index (χ0v) is 11.6. The molecule has 0 bridgehead atoms. The molecule has 2 rings (SSSR count). The number of rotatable bonds is 4. The maximum atomic E-state index is 13.4. The summed E-state index contributed by atoms with van der Waals surface area (Å²) in [5.74, 6) is -1.93. The van der Waals surface area contributed by atoms with Crippen LogP contribution in [-0.2, 0) is 15.0 Å². The van der Waals surface area contributed by atoms with Gasteiger partial charge in [0, 0.05) is 0 Å². The summed E-state index contributed by atoms with van der Waals surface area (Å²) in [7, 11) is 0. The summed E-state index contributed by atoms with van der Waals surface area (Å²) in [5.41, 5.74) is 0.313. The third-order valence-electron chi connectivity index (χ3n) is 2.93. The number of alkyl halides is 3. The first-order valence-corrected chi connectivity index (χ1v) is 6.45. The van der Waals surface area contributed by atoms with Crippen LogP contribution in [0.25, 0.3) is 0 Å². The molecule has 1 aromatic carbocycles. The van der Waals surface area contributed by atoms with E-state index in [1.807, 2.05) is 0 Å². The molecule has 0 aliphatic heterocycles. The molecule has 2 aromatic rings. The van der Waals surface area contributed by atoms with Gasteiger partial charge in [0.05, 0.1) is 0 Å². The van der Waals surface area contributed by atoms with Crippen LogP contribution in [0.2, 0.25) is 0 Å². The van der Waals surface area contributed by atoms with Gasteiger partial charge in [-0.15, -0.1) is 0 Å². The average molecular weight is 336 g/mol. The van der Waals surface area contributed by atoms with Crippen LogP contribution < -0.4 is 0 Å². The van der Waals surface area contributed by atoms with E-state index in [0.717, 1.165) is 0 Å². The van der Waals surface area contributed by atoms with Gasteiger partial charge in [-0.05, 0) is 0 Å². The van der Waals surface area contributed by atoms with Crippen molar-refractivity contribution in [2.45, 2.75) is 12.1 Å². The molecule has 6 heteroatoms. The zero-order chi connectivity index (χ0) is 15.5. The molecule has 1 unspecified atom stereocenters. The van der Waals surface area contributed by atoms with Crippen LogP contribution in [0, 0.1) is 0 Å². The number of benzene rings is 1. The van der Waals surface area contributed by atoms with Crippen LogP contribution in [0.1, 0.15) is 27.4 Å². The normalized spacial score (nSPS) is 12.8. The van der Waals surface area contributed by atoms with E-state index in [9.17, 15) is 18.0 Å². The molecule has 2 nitrogen and oxygen atoms in total. The summed E-state index contributed by atoms with van der Waals surface area (Å²) in [5, 5.41) is 0. The van der Waals surface area contributed by atoms with E-state index in [1.54, 1.807) is 12.1 Å². The van der Waals surface area contributed by atoms with Gasteiger partial charge in [0.1, 0.15) is 0 Å². The summed E-state index contributed by atoms with van der Waals surface area (Å²) >= 11 is 4.66. The van der Waals surface area contributed by atoms with Crippen LogP contribution in [0.3, 0.4) is 0 Å². The van der Waals surface area contributed by atoms with Crippen molar-refractivity contribution in [3.63, 3.8) is 0 Å². The fourth-order valence-corrected chi connectivity index (χ4v) is 2.52. The van der Waals surface area contributed by atoms with E-state index in [0.29, 0.717) is 6.29 Å². The van der Waals surface area contributed by atoms with Crippen LogP contribution in [0.15, 0.2) is 48.8 Å². The first kappa shape index (κ1) is 15.6. The Bertz CT molecular complexity index is 655. The number of aldehydes is 1. The number of aromatic nitrogens is 1. The van der Waals surface area contributed by atoms with Crippen LogP contribution in [-0.4, -0.2) is 21.9 Å². The van der Waals surface area contributed by atoms with Gasteiger partial charge in [0.25, 0.3) is 0 Å². The standard InChI is InChI=1S/C15H10F3NO.Ni/c16-15(17,18)14(11-5-7-19-8-6-11)9-12-3-1-2-4-13(12)10-20;/h1-8,10,14H;. The van der Waals surface area contributed by atoms with E-state index in [1.165, 1.54) is 36.7 Å². The topological polar surface area (TPSA) is 30.0 Å². The van der Waals surface area contributed by atoms with E-state index >= 15 is 0 Å². The Morgan fingerprint density at radius 2 is 1.76 bits per heavy atom. The second kappa shape index (κ2) is 6.31. The molecule has 0 radical (unpaired) electrons. The van der Waals surface area contributed by atoms with Crippen molar-refractivity contribution >= 4 is 10.8 Å². The fraction of sp³-hybridized carbons (Fsp3) is 0.133. The van der Waals surface area contributed by atoms with E-state index in [2.05, 4.69) is 20.0 Å². The Labute approximate surface area is 126 Å². The SMILES string of the molecule is O=Cc1ccccc1[C](=[Ni])C(c1ccncc1)C(F)(F)F. The van der Waals surface area contributed by atoms with Crippen molar-refractivity contribution in [3.8, 4) is 0 Å². The summed E-state index contributed by atoms with van der Waals surface area (Å²) < 4.78 is 39.9. The average Bonchev–Trinajstić information content (AvgIpc) is 2.47. The molecule has 0 aliphatic rings. The Kier molecular flexibility index (Phi) is 4.68. The minimum absolute atomic E-state index is 0.0134. The minimum atomic E-state index is -4.54. The molecule has 112 valence electrons. The number of nitrogens with zero attached hydrogens (tertiary/aromatic N) is 1. The molecule has 0 spiro atoms. The van der Waals surface area contributed by atoms with Crippen molar-refractivity contribution in [3.05, 3.63) is 65.5 Å². The van der Waals surface area contributed by atoms with Gasteiger partial charge >= 0.3 is 126 Å². The first-order valence-electron chi connectivity index (χ1n) is 5.95. The van der Waals surface area contributed by atoms with Crippen molar-refractivity contribution in [2.24, 2.45) is 0 Å². The third kappa shape index (κ3) is 3.45. The van der Waals surface area contributed by atoms with Crippen molar-refractivity contribution < 1.29 is 33.0 Å². The van der Waals surface area contributed by atoms with E-state index in [4.69, 9.17) is 0 Å². The van der Waals surface area contributed by atoms with Gasteiger partial charge in [-0.1, -0.05) is 0 Å². The number of hydrogen-bond acceptors (Lipinski definition) is 2. The molecule has 21 heavy (non-hydrogen) atoms. The molecule has 0 aliphatic carbocycles. The molecule has 0 saturated heterocycles. The Balaban J connectivity index is 2.52. The summed E-state index contributed by atoms with van der Waals surface area (Å²) in [6.45, 7) is 0. The van der Waals surface area contributed by atoms with Crippen LogP contribution in [0.4, 0.5) is 13.2 Å². The van der Waals surface area contributed by atoms with Gasteiger partial charge in [0.2, 0.25) is 0 Å². The van der Waals surface area contributed by atoms with Crippen LogP contribution in [0.5, 0.6) is 0 Å². The van der Waals surface area contributed by atoms with Gasteiger partial charge < -0.3 is 0 Å². The Hall–Kier alpha value is -1.81. The van der Waals surface area contributed by atoms with Crippen molar-refractivity contribution in [1.82, 2.24) is 4.98 Å². The third-order valence-corrected chi connectivity index (χ3v) is 3.48. The molecule has 1 aromatic heterocycles. The predicted molar refractivity (Wildman–Crippen MR) is 69.0 cm³/mol. The van der Waals surface area contributed by atoms with Gasteiger partial charge in [0.15, 0.2) is 0 Å². The quantitative estimate of drug-likeness (QED) is 0.634. The Morgan fingerprint density at radius 3 is 2.33 bits per heavy atom. The maximum absolute atomic E-state index is 13.4. The van der Waals surface area contributed by atoms with Crippen molar-refractivity contribution in [2.75, 3.05) is 0 Å². The number of carbonyl (C=O) groups excluding carboxylic acids is 1. The predicted octanol–water partition coefficient (Wildman–Crippen LogP) is 3.31. The summed E-state index contributed by atoms with van der Waals surface area (Å²) in [4.78, 5) is 14.7. The molecular formula is C15H10F3NNiO. The number of hydrogen-bond donors (Lipinski definition) is 0. The number of pyridine rings is 1. The first-order chi connectivity index (χ1) is 9.95. The summed E-state index contributed by atoms with van der Waals surface area (Å²) in [6, 6.07) is 8.57. The zero-order valence-electron chi connectivity index (χ0n) is 10.6. The molecule has 0 amide bonds. The molecule has 1 heterocycles. The van der Waals surface area contributed by atoms with Gasteiger partial charge in [-0.25, -0.2) is 0 Å². The van der Waals surface area contributed by atoms with Gasteiger partial charge in [-0.2, -0.15) is 0 Å². The Morgan fingerprint density at radius 1 is 1.14 bits per heavy atom. The molecule has 0 saturated carbocycles. The monoisotopic (exact) mass is 335 g/mol. The number of carbonyl (C=O) groups is 1. The van der Waals surface area contributed by atoms with E-state index < -0.39 is 12.1 Å².